The highest BCUT2D eigenvalue weighted by Gasteiger charge is 2.61. The van der Waals surface area contributed by atoms with Crippen molar-refractivity contribution in [2.45, 2.75) is 25.0 Å². The van der Waals surface area contributed by atoms with E-state index < -0.39 is 20.7 Å². The number of pyridine rings is 1. The number of carbonyl (C=O) groups is 1. The van der Waals surface area contributed by atoms with E-state index in [2.05, 4.69) is 16.8 Å². The van der Waals surface area contributed by atoms with E-state index in [-0.39, 0.29) is 12.4 Å². The van der Waals surface area contributed by atoms with Crippen molar-refractivity contribution in [3.8, 4) is 11.8 Å². The molecule has 1 aromatic rings. The Hall–Kier alpha value is -1.91. The number of rotatable bonds is 2. The Kier molecular flexibility index (Phi) is 3.54. The summed E-state index contributed by atoms with van der Waals surface area (Å²) in [6, 6.07) is 4.64. The molecule has 0 radical (unpaired) electrons. The van der Waals surface area contributed by atoms with E-state index in [1.165, 1.54) is 19.9 Å². The van der Waals surface area contributed by atoms with Gasteiger partial charge >= 0.3 is 0 Å². The molecule has 0 atom stereocenters. The van der Waals surface area contributed by atoms with Crippen LogP contribution in [0.3, 0.4) is 0 Å². The lowest BCUT2D eigenvalue weighted by molar-refractivity contribution is -0.120. The molecule has 6 nitrogen and oxygen atoms in total. The zero-order chi connectivity index (χ0) is 15.0. The third kappa shape index (κ3) is 2.07. The van der Waals surface area contributed by atoms with Crippen molar-refractivity contribution in [2.24, 2.45) is 0 Å². The van der Waals surface area contributed by atoms with Crippen LogP contribution in [-0.2, 0) is 14.8 Å². The molecule has 0 spiro atoms. The normalized spacial score (nSPS) is 18.9. The molecule has 1 N–H and O–H groups in total. The van der Waals surface area contributed by atoms with Gasteiger partial charge in [-0.2, -0.15) is 4.31 Å². The number of nitrogens with zero attached hydrogens (tertiary/aromatic N) is 2. The number of hydrogen-bond acceptors (Lipinski definition) is 5. The van der Waals surface area contributed by atoms with Crippen LogP contribution in [0.5, 0.6) is 0 Å². The summed E-state index contributed by atoms with van der Waals surface area (Å²) in [6.45, 7) is 2.68. The van der Waals surface area contributed by atoms with Gasteiger partial charge in [-0.1, -0.05) is 12.0 Å². The van der Waals surface area contributed by atoms with Crippen LogP contribution in [0.4, 0.5) is 5.82 Å². The summed E-state index contributed by atoms with van der Waals surface area (Å²) in [5.74, 6) is 4.92. The van der Waals surface area contributed by atoms with Gasteiger partial charge in [0.05, 0.1) is 6.61 Å². The Bertz CT molecular complexity index is 713. The summed E-state index contributed by atoms with van der Waals surface area (Å²) >= 11 is 0. The third-order valence-corrected chi connectivity index (χ3v) is 5.28. The molecule has 1 amide bonds. The average molecular weight is 294 g/mol. The van der Waals surface area contributed by atoms with Gasteiger partial charge < -0.3 is 5.11 Å². The second kappa shape index (κ2) is 4.89. The van der Waals surface area contributed by atoms with Crippen LogP contribution in [0.25, 0.3) is 0 Å². The Morgan fingerprint density at radius 2 is 2.10 bits per heavy atom. The Morgan fingerprint density at radius 1 is 1.40 bits per heavy atom. The van der Waals surface area contributed by atoms with Gasteiger partial charge in [-0.15, -0.1) is 0 Å². The fourth-order valence-corrected chi connectivity index (χ4v) is 3.13. The molecular formula is C13H14N2O4S. The summed E-state index contributed by atoms with van der Waals surface area (Å²) in [6.07, 6.45) is 0.305. The van der Waals surface area contributed by atoms with E-state index in [9.17, 15) is 13.2 Å². The second-order valence-electron chi connectivity index (χ2n) is 4.74. The molecule has 106 valence electrons. The highest BCUT2D eigenvalue weighted by Crippen LogP contribution is 2.37. The molecule has 0 aromatic carbocycles. The zero-order valence-corrected chi connectivity index (χ0v) is 11.9. The number of aliphatic hydroxyl groups is 1. The van der Waals surface area contributed by atoms with Crippen LogP contribution in [0.1, 0.15) is 26.0 Å². The SMILES string of the molecule is CC1(C)C(=O)N(c2cccc(C#CCCO)n2)S1(=O)=O. The van der Waals surface area contributed by atoms with E-state index in [0.717, 1.165) is 0 Å². The van der Waals surface area contributed by atoms with Gasteiger partial charge in [-0.3, -0.25) is 4.79 Å². The molecule has 0 aliphatic carbocycles. The number of sulfonamides is 1. The molecule has 7 heteroatoms. The van der Waals surface area contributed by atoms with Gasteiger partial charge in [0.1, 0.15) is 5.69 Å². The summed E-state index contributed by atoms with van der Waals surface area (Å²) in [7, 11) is -3.71. The van der Waals surface area contributed by atoms with E-state index in [4.69, 9.17) is 5.11 Å². The molecule has 0 bridgehead atoms. The summed E-state index contributed by atoms with van der Waals surface area (Å²) in [4.78, 5) is 16.0. The molecule has 1 aromatic heterocycles. The highest BCUT2D eigenvalue weighted by molar-refractivity contribution is 7.98. The quantitative estimate of drug-likeness (QED) is 0.791. The van der Waals surface area contributed by atoms with Crippen molar-refractivity contribution in [1.29, 1.82) is 0 Å². The number of carbonyl (C=O) groups excluding carboxylic acids is 1. The van der Waals surface area contributed by atoms with Crippen LogP contribution >= 0.6 is 0 Å². The standard InChI is InChI=1S/C13H14N2O4S/c1-13(2)12(17)15(20(13,18)19)11-8-5-7-10(14-11)6-3-4-9-16/h5,7-8,16H,4,9H2,1-2H3. The predicted molar refractivity (Wildman–Crippen MR) is 73.3 cm³/mol. The van der Waals surface area contributed by atoms with Gasteiger partial charge in [0.15, 0.2) is 10.6 Å². The van der Waals surface area contributed by atoms with E-state index >= 15 is 0 Å². The lowest BCUT2D eigenvalue weighted by Gasteiger charge is -2.42. The van der Waals surface area contributed by atoms with Crippen molar-refractivity contribution in [2.75, 3.05) is 10.9 Å². The topological polar surface area (TPSA) is 87.6 Å². The molecule has 1 fully saturated rings. The van der Waals surface area contributed by atoms with Crippen molar-refractivity contribution in [1.82, 2.24) is 4.98 Å². The average Bonchev–Trinajstić information content (AvgIpc) is 2.39. The lowest BCUT2D eigenvalue weighted by Crippen LogP contribution is -2.67. The number of hydrogen-bond donors (Lipinski definition) is 1. The lowest BCUT2D eigenvalue weighted by atomic mass is 10.2. The van der Waals surface area contributed by atoms with Crippen LogP contribution in [0, 0.1) is 11.8 Å². The van der Waals surface area contributed by atoms with E-state index in [0.29, 0.717) is 16.4 Å². The number of amides is 1. The van der Waals surface area contributed by atoms with E-state index in [1.807, 2.05) is 0 Å². The van der Waals surface area contributed by atoms with Crippen LogP contribution in [0.2, 0.25) is 0 Å². The number of anilines is 1. The molecule has 2 heterocycles. The molecule has 0 unspecified atom stereocenters. The third-order valence-electron chi connectivity index (χ3n) is 2.98. The van der Waals surface area contributed by atoms with Crippen molar-refractivity contribution < 1.29 is 18.3 Å². The summed E-state index contributed by atoms with van der Waals surface area (Å²) in [5, 5.41) is 8.64. The van der Waals surface area contributed by atoms with E-state index in [1.54, 1.807) is 12.1 Å². The predicted octanol–water partition coefficient (Wildman–Crippen LogP) is 0.271. The maximum Gasteiger partial charge on any atom is 0.264 e. The maximum absolute atomic E-state index is 12.0. The molecule has 1 saturated heterocycles. The first kappa shape index (κ1) is 14.5. The van der Waals surface area contributed by atoms with Crippen LogP contribution in [-0.4, -0.2) is 35.8 Å². The fraction of sp³-hybridized carbons (Fsp3) is 0.385. The highest BCUT2D eigenvalue weighted by atomic mass is 32.2. The molecule has 20 heavy (non-hydrogen) atoms. The van der Waals surface area contributed by atoms with Gasteiger partial charge in [0.2, 0.25) is 0 Å². The van der Waals surface area contributed by atoms with Crippen molar-refractivity contribution in [3.63, 3.8) is 0 Å². The summed E-state index contributed by atoms with van der Waals surface area (Å²) in [5.41, 5.74) is 0.351. The fourth-order valence-electron chi connectivity index (χ4n) is 1.70. The first-order valence-electron chi connectivity index (χ1n) is 5.98. The largest absolute Gasteiger partial charge is 0.395 e. The first-order valence-corrected chi connectivity index (χ1v) is 7.42. The summed E-state index contributed by atoms with van der Waals surface area (Å²) < 4.78 is 23.4. The minimum atomic E-state index is -3.71. The molecule has 2 rings (SSSR count). The molecule has 0 saturated carbocycles. The minimum absolute atomic E-state index is 0.0464. The zero-order valence-electron chi connectivity index (χ0n) is 11.1. The monoisotopic (exact) mass is 294 g/mol. The van der Waals surface area contributed by atoms with Crippen molar-refractivity contribution >= 4 is 21.7 Å². The molecular weight excluding hydrogens is 280 g/mol. The van der Waals surface area contributed by atoms with Gasteiger partial charge in [0.25, 0.3) is 15.9 Å². The Morgan fingerprint density at radius 3 is 2.70 bits per heavy atom. The van der Waals surface area contributed by atoms with Crippen LogP contribution < -0.4 is 4.31 Å². The van der Waals surface area contributed by atoms with Gasteiger partial charge in [-0.05, 0) is 31.9 Å². The second-order valence-corrected chi connectivity index (χ2v) is 7.08. The van der Waals surface area contributed by atoms with Crippen LogP contribution in [0.15, 0.2) is 18.2 Å². The van der Waals surface area contributed by atoms with Gasteiger partial charge in [-0.25, -0.2) is 13.4 Å². The van der Waals surface area contributed by atoms with Crippen molar-refractivity contribution in [3.05, 3.63) is 23.9 Å². The minimum Gasteiger partial charge on any atom is -0.395 e. The molecule has 1 aliphatic rings. The Labute approximate surface area is 117 Å². The first-order chi connectivity index (χ1) is 9.32. The molecule has 1 aliphatic heterocycles. The smallest absolute Gasteiger partial charge is 0.264 e. The maximum atomic E-state index is 12.0. The van der Waals surface area contributed by atoms with Gasteiger partial charge in [0, 0.05) is 6.42 Å². The Balaban J connectivity index is 2.35. The number of aromatic nitrogens is 1. The number of aliphatic hydroxyl groups excluding tert-OH is 1.